The molecule has 1 amide bonds. The first kappa shape index (κ1) is 17.4. The molecule has 0 aliphatic carbocycles. The van der Waals surface area contributed by atoms with E-state index in [0.717, 1.165) is 0 Å². The smallest absolute Gasteiger partial charge is 0.255 e. The number of hydrogen-bond donors (Lipinski definition) is 1. The molecule has 0 saturated carbocycles. The second-order valence-corrected chi connectivity index (χ2v) is 5.37. The minimum absolute atomic E-state index is 0.304. The van der Waals surface area contributed by atoms with Crippen LogP contribution in [0.25, 0.3) is 0 Å². The van der Waals surface area contributed by atoms with Crippen LogP contribution >= 0.6 is 23.2 Å². The second kappa shape index (κ2) is 8.09. The third-order valence-electron chi connectivity index (χ3n) is 3.01. The summed E-state index contributed by atoms with van der Waals surface area (Å²) in [6, 6.07) is 10.1. The van der Waals surface area contributed by atoms with Crippen LogP contribution in [0.15, 0.2) is 36.4 Å². The van der Waals surface area contributed by atoms with Crippen LogP contribution in [0.4, 0.5) is 5.69 Å². The first-order chi connectivity index (χ1) is 11.1. The maximum Gasteiger partial charge on any atom is 0.255 e. The summed E-state index contributed by atoms with van der Waals surface area (Å²) < 4.78 is 11.0. The lowest BCUT2D eigenvalue weighted by atomic mass is 10.2. The highest BCUT2D eigenvalue weighted by atomic mass is 35.5. The van der Waals surface area contributed by atoms with E-state index in [4.69, 9.17) is 32.7 Å². The maximum absolute atomic E-state index is 12.4. The molecule has 0 atom stereocenters. The number of rotatable bonds is 6. The normalized spacial score (nSPS) is 10.3. The number of anilines is 1. The van der Waals surface area contributed by atoms with Gasteiger partial charge in [0.05, 0.1) is 28.9 Å². The minimum atomic E-state index is -0.307. The van der Waals surface area contributed by atoms with Crippen molar-refractivity contribution in [1.82, 2.24) is 0 Å². The molecule has 4 nitrogen and oxygen atoms in total. The molecule has 0 fully saturated rings. The lowest BCUT2D eigenvalue weighted by Crippen LogP contribution is -2.12. The van der Waals surface area contributed by atoms with E-state index in [1.807, 2.05) is 13.8 Å². The number of halogens is 2. The molecule has 2 aromatic carbocycles. The molecule has 0 unspecified atom stereocenters. The van der Waals surface area contributed by atoms with Crippen molar-refractivity contribution in [3.05, 3.63) is 52.0 Å². The van der Waals surface area contributed by atoms with Crippen molar-refractivity contribution in [2.45, 2.75) is 13.8 Å². The Kier molecular flexibility index (Phi) is 6.13. The Balaban J connectivity index is 2.25. The summed E-state index contributed by atoms with van der Waals surface area (Å²) in [4.78, 5) is 12.4. The van der Waals surface area contributed by atoms with Crippen molar-refractivity contribution in [3.8, 4) is 11.5 Å². The third-order valence-corrected chi connectivity index (χ3v) is 3.82. The van der Waals surface area contributed by atoms with Gasteiger partial charge in [-0.25, -0.2) is 0 Å². The molecule has 0 saturated heterocycles. The van der Waals surface area contributed by atoms with Gasteiger partial charge in [-0.05, 0) is 44.2 Å². The molecule has 0 aromatic heterocycles. The van der Waals surface area contributed by atoms with Gasteiger partial charge in [0.1, 0.15) is 0 Å². The van der Waals surface area contributed by atoms with Crippen LogP contribution < -0.4 is 14.8 Å². The largest absolute Gasteiger partial charge is 0.490 e. The number of carbonyl (C=O) groups is 1. The number of benzene rings is 2. The van der Waals surface area contributed by atoms with Gasteiger partial charge in [0.2, 0.25) is 0 Å². The summed E-state index contributed by atoms with van der Waals surface area (Å²) in [7, 11) is 0. The lowest BCUT2D eigenvalue weighted by molar-refractivity contribution is 0.102. The quantitative estimate of drug-likeness (QED) is 0.790. The monoisotopic (exact) mass is 353 g/mol. The number of ether oxygens (including phenoxy) is 2. The van der Waals surface area contributed by atoms with Crippen LogP contribution in [-0.4, -0.2) is 19.1 Å². The van der Waals surface area contributed by atoms with Crippen molar-refractivity contribution in [1.29, 1.82) is 0 Å². The highest BCUT2D eigenvalue weighted by molar-refractivity contribution is 6.44. The molecule has 0 spiro atoms. The van der Waals surface area contributed by atoms with Gasteiger partial charge in [0.25, 0.3) is 5.91 Å². The van der Waals surface area contributed by atoms with Crippen molar-refractivity contribution in [3.63, 3.8) is 0 Å². The SMILES string of the molecule is CCOc1ccc(C(=O)Nc2cccc(Cl)c2Cl)cc1OCC. The van der Waals surface area contributed by atoms with Crippen molar-refractivity contribution < 1.29 is 14.3 Å². The zero-order chi connectivity index (χ0) is 16.8. The van der Waals surface area contributed by atoms with Gasteiger partial charge in [-0.15, -0.1) is 0 Å². The minimum Gasteiger partial charge on any atom is -0.490 e. The van der Waals surface area contributed by atoms with Gasteiger partial charge in [-0.1, -0.05) is 29.3 Å². The van der Waals surface area contributed by atoms with Crippen molar-refractivity contribution >= 4 is 34.8 Å². The first-order valence-electron chi connectivity index (χ1n) is 7.21. The van der Waals surface area contributed by atoms with Gasteiger partial charge in [0, 0.05) is 5.56 Å². The standard InChI is InChI=1S/C17H17Cl2NO3/c1-3-22-14-9-8-11(10-15(14)23-4-2)17(21)20-13-7-5-6-12(18)16(13)19/h5-10H,3-4H2,1-2H3,(H,20,21). The number of nitrogens with one attached hydrogen (secondary N) is 1. The zero-order valence-electron chi connectivity index (χ0n) is 12.9. The molecule has 2 rings (SSSR count). The van der Waals surface area contributed by atoms with E-state index in [-0.39, 0.29) is 5.91 Å². The Morgan fingerprint density at radius 3 is 2.43 bits per heavy atom. The second-order valence-electron chi connectivity index (χ2n) is 4.58. The molecule has 0 bridgehead atoms. The zero-order valence-corrected chi connectivity index (χ0v) is 14.4. The summed E-state index contributed by atoms with van der Waals surface area (Å²) >= 11 is 12.0. The van der Waals surface area contributed by atoms with Crippen LogP contribution in [0.2, 0.25) is 10.0 Å². The van der Waals surface area contributed by atoms with Crippen LogP contribution in [0.3, 0.4) is 0 Å². The maximum atomic E-state index is 12.4. The van der Waals surface area contributed by atoms with Gasteiger partial charge in [-0.3, -0.25) is 4.79 Å². The average Bonchev–Trinajstić information content (AvgIpc) is 2.54. The number of hydrogen-bond acceptors (Lipinski definition) is 3. The predicted molar refractivity (Wildman–Crippen MR) is 93.2 cm³/mol. The van der Waals surface area contributed by atoms with E-state index in [1.54, 1.807) is 36.4 Å². The molecule has 122 valence electrons. The highest BCUT2D eigenvalue weighted by Crippen LogP contribution is 2.31. The summed E-state index contributed by atoms with van der Waals surface area (Å²) in [6.07, 6.45) is 0. The highest BCUT2D eigenvalue weighted by Gasteiger charge is 2.13. The fourth-order valence-electron chi connectivity index (χ4n) is 1.99. The Bertz CT molecular complexity index is 704. The van der Waals surface area contributed by atoms with Crippen LogP contribution in [0.1, 0.15) is 24.2 Å². The molecule has 23 heavy (non-hydrogen) atoms. The summed E-state index contributed by atoms with van der Waals surface area (Å²) in [5.41, 5.74) is 0.893. The Morgan fingerprint density at radius 1 is 1.04 bits per heavy atom. The van der Waals surface area contributed by atoms with E-state index >= 15 is 0 Å². The molecule has 0 heterocycles. The van der Waals surface area contributed by atoms with E-state index in [0.29, 0.717) is 46.0 Å². The molecule has 1 N–H and O–H groups in total. The van der Waals surface area contributed by atoms with E-state index in [2.05, 4.69) is 5.32 Å². The topological polar surface area (TPSA) is 47.6 Å². The molecule has 6 heteroatoms. The molecule has 2 aromatic rings. The molecule has 0 radical (unpaired) electrons. The van der Waals surface area contributed by atoms with Gasteiger partial charge < -0.3 is 14.8 Å². The molecule has 0 aliphatic heterocycles. The lowest BCUT2D eigenvalue weighted by Gasteiger charge is -2.13. The number of carbonyl (C=O) groups excluding carboxylic acids is 1. The average molecular weight is 354 g/mol. The van der Waals surface area contributed by atoms with Gasteiger partial charge in [-0.2, -0.15) is 0 Å². The summed E-state index contributed by atoms with van der Waals surface area (Å²) in [5.74, 6) is 0.823. The van der Waals surface area contributed by atoms with E-state index < -0.39 is 0 Å². The van der Waals surface area contributed by atoms with Crippen LogP contribution in [-0.2, 0) is 0 Å². The Morgan fingerprint density at radius 2 is 1.74 bits per heavy atom. The fourth-order valence-corrected chi connectivity index (χ4v) is 2.33. The van der Waals surface area contributed by atoms with E-state index in [1.165, 1.54) is 0 Å². The van der Waals surface area contributed by atoms with Crippen LogP contribution in [0.5, 0.6) is 11.5 Å². The van der Waals surface area contributed by atoms with Gasteiger partial charge >= 0.3 is 0 Å². The summed E-state index contributed by atoms with van der Waals surface area (Å²) in [5, 5.41) is 3.42. The van der Waals surface area contributed by atoms with Crippen molar-refractivity contribution in [2.24, 2.45) is 0 Å². The Labute approximate surface area is 145 Å². The molecular formula is C17H17Cl2NO3. The molecule has 0 aliphatic rings. The fraction of sp³-hybridized carbons (Fsp3) is 0.235. The van der Waals surface area contributed by atoms with Crippen molar-refractivity contribution in [2.75, 3.05) is 18.5 Å². The summed E-state index contributed by atoms with van der Waals surface area (Å²) in [6.45, 7) is 4.75. The van der Waals surface area contributed by atoms with E-state index in [9.17, 15) is 4.79 Å². The molecular weight excluding hydrogens is 337 g/mol. The first-order valence-corrected chi connectivity index (χ1v) is 7.97. The van der Waals surface area contributed by atoms with Crippen LogP contribution in [0, 0.1) is 0 Å². The Hall–Kier alpha value is -1.91. The van der Waals surface area contributed by atoms with Gasteiger partial charge in [0.15, 0.2) is 11.5 Å². The third kappa shape index (κ3) is 4.30. The number of amides is 1. The predicted octanol–water partition coefficient (Wildman–Crippen LogP) is 5.04.